The van der Waals surface area contributed by atoms with Crippen molar-refractivity contribution in [2.75, 3.05) is 20.3 Å². The van der Waals surface area contributed by atoms with E-state index < -0.39 is 6.29 Å². The second kappa shape index (κ2) is 10.8. The van der Waals surface area contributed by atoms with Gasteiger partial charge in [-0.1, -0.05) is 49.6 Å². The number of carbonyl (C=O) groups excluding carboxylic acids is 1. The van der Waals surface area contributed by atoms with Gasteiger partial charge in [0.2, 0.25) is 6.29 Å². The Morgan fingerprint density at radius 2 is 1.93 bits per heavy atom. The van der Waals surface area contributed by atoms with Crippen molar-refractivity contribution < 1.29 is 19.4 Å². The highest BCUT2D eigenvalue weighted by Gasteiger charge is 2.39. The van der Waals surface area contributed by atoms with E-state index in [0.29, 0.717) is 18.8 Å². The lowest BCUT2D eigenvalue weighted by Gasteiger charge is -2.39. The molecule has 3 atom stereocenters. The molecule has 160 valence electrons. The van der Waals surface area contributed by atoms with E-state index in [-0.39, 0.29) is 30.4 Å². The van der Waals surface area contributed by atoms with Crippen LogP contribution in [0.5, 0.6) is 0 Å². The van der Waals surface area contributed by atoms with Crippen molar-refractivity contribution in [3.05, 3.63) is 47.7 Å². The number of likely N-dealkylation sites (N-methyl/N-ethyl adjacent to an activating group) is 1. The van der Waals surface area contributed by atoms with Crippen LogP contribution in [0.2, 0.25) is 0 Å². The van der Waals surface area contributed by atoms with Crippen LogP contribution >= 0.6 is 0 Å². The number of hydrogen-bond acceptors (Lipinski definition) is 4. The fourth-order valence-electron chi connectivity index (χ4n) is 4.62. The largest absolute Gasteiger partial charge is 0.459 e. The van der Waals surface area contributed by atoms with Gasteiger partial charge in [-0.2, -0.15) is 0 Å². The second-order valence-corrected chi connectivity index (χ2v) is 8.15. The van der Waals surface area contributed by atoms with Crippen molar-refractivity contribution in [2.24, 2.45) is 5.92 Å². The second-order valence-electron chi connectivity index (χ2n) is 8.15. The van der Waals surface area contributed by atoms with Crippen LogP contribution in [0.15, 0.2) is 42.2 Å². The van der Waals surface area contributed by atoms with Crippen LogP contribution in [-0.4, -0.2) is 48.5 Å². The fraction of sp³-hybridized carbons (Fsp3) is 0.625. The first-order valence-corrected chi connectivity index (χ1v) is 11.1. The number of aliphatic hydroxyl groups excluding tert-OH is 1. The van der Waals surface area contributed by atoms with Crippen molar-refractivity contribution in [1.82, 2.24) is 4.90 Å². The summed E-state index contributed by atoms with van der Waals surface area (Å²) in [5.74, 6) is 0.418. The van der Waals surface area contributed by atoms with Gasteiger partial charge < -0.3 is 19.5 Å². The third-order valence-electron chi connectivity index (χ3n) is 6.25. The molecule has 1 N–H and O–H groups in total. The summed E-state index contributed by atoms with van der Waals surface area (Å²) in [4.78, 5) is 15.1. The Morgan fingerprint density at radius 1 is 1.21 bits per heavy atom. The Hall–Kier alpha value is -1.85. The number of nitrogens with zero attached hydrogens (tertiary/aromatic N) is 1. The summed E-state index contributed by atoms with van der Waals surface area (Å²) in [5.41, 5.74) is 1.15. The maximum atomic E-state index is 13.3. The molecule has 0 spiro atoms. The lowest BCUT2D eigenvalue weighted by molar-refractivity contribution is -0.170. The monoisotopic (exact) mass is 401 g/mol. The van der Waals surface area contributed by atoms with Crippen LogP contribution in [0.4, 0.5) is 0 Å². The van der Waals surface area contributed by atoms with Crippen LogP contribution in [-0.2, 0) is 14.3 Å². The maximum absolute atomic E-state index is 13.3. The first-order chi connectivity index (χ1) is 14.2. The van der Waals surface area contributed by atoms with Crippen molar-refractivity contribution >= 4 is 5.91 Å². The minimum atomic E-state index is -0.486. The van der Waals surface area contributed by atoms with Crippen molar-refractivity contribution in [2.45, 2.75) is 70.1 Å². The van der Waals surface area contributed by atoms with Gasteiger partial charge in [0.05, 0.1) is 0 Å². The number of benzene rings is 1. The third kappa shape index (κ3) is 5.40. The predicted octanol–water partition coefficient (Wildman–Crippen LogP) is 4.23. The average Bonchev–Trinajstić information content (AvgIpc) is 2.78. The zero-order valence-electron chi connectivity index (χ0n) is 17.8. The molecule has 0 saturated heterocycles. The molecule has 1 heterocycles. The molecule has 0 unspecified atom stereocenters. The molecule has 1 saturated carbocycles. The van der Waals surface area contributed by atoms with E-state index in [9.17, 15) is 9.90 Å². The average molecular weight is 402 g/mol. The number of amides is 1. The number of rotatable bonds is 8. The fourth-order valence-corrected chi connectivity index (χ4v) is 4.62. The summed E-state index contributed by atoms with van der Waals surface area (Å²) in [6, 6.07) is 10.5. The Bertz CT molecular complexity index is 669. The van der Waals surface area contributed by atoms with Gasteiger partial charge in [-0.15, -0.1) is 0 Å². The lowest BCUT2D eigenvalue weighted by atomic mass is 9.80. The van der Waals surface area contributed by atoms with Gasteiger partial charge in [0.15, 0.2) is 5.76 Å². The summed E-state index contributed by atoms with van der Waals surface area (Å²) >= 11 is 0. The molecule has 1 amide bonds. The number of aliphatic hydroxyl groups is 1. The molecule has 1 aliphatic heterocycles. The zero-order valence-corrected chi connectivity index (χ0v) is 17.8. The molecule has 1 aromatic carbocycles. The Labute approximate surface area is 174 Å². The molecule has 5 nitrogen and oxygen atoms in total. The molecule has 2 aliphatic rings. The topological polar surface area (TPSA) is 59.0 Å². The summed E-state index contributed by atoms with van der Waals surface area (Å²) in [7, 11) is 1.90. The lowest BCUT2D eigenvalue weighted by Crippen LogP contribution is -2.43. The van der Waals surface area contributed by atoms with Gasteiger partial charge in [-0.05, 0) is 44.2 Å². The standard InChI is InChI=1S/C24H35NO4/c1-3-28-24-20(15-10-16-26)21(18-11-6-4-7-12-18)17-22(29-24)23(27)25(2)19-13-8-5-9-14-19/h4,6-7,11-12,17,19-21,24,26H,3,5,8-10,13-16H2,1-2H3/t20-,21-,24-/m0/s1. The van der Waals surface area contributed by atoms with Crippen LogP contribution < -0.4 is 0 Å². The van der Waals surface area contributed by atoms with Crippen LogP contribution in [0.25, 0.3) is 0 Å². The number of ether oxygens (including phenoxy) is 2. The molecule has 0 bridgehead atoms. The number of allylic oxidation sites excluding steroid dienone is 1. The van der Waals surface area contributed by atoms with Gasteiger partial charge in [-0.25, -0.2) is 0 Å². The molecule has 1 aromatic rings. The van der Waals surface area contributed by atoms with Crippen LogP contribution in [0, 0.1) is 5.92 Å². The van der Waals surface area contributed by atoms with E-state index in [0.717, 1.165) is 24.8 Å². The molecular weight excluding hydrogens is 366 g/mol. The van der Waals surface area contributed by atoms with E-state index in [1.807, 2.05) is 43.1 Å². The van der Waals surface area contributed by atoms with Gasteiger partial charge >= 0.3 is 0 Å². The van der Waals surface area contributed by atoms with E-state index in [4.69, 9.17) is 9.47 Å². The molecule has 3 rings (SSSR count). The maximum Gasteiger partial charge on any atom is 0.288 e. The van der Waals surface area contributed by atoms with Crippen molar-refractivity contribution in [1.29, 1.82) is 0 Å². The van der Waals surface area contributed by atoms with E-state index in [1.54, 1.807) is 0 Å². The minimum absolute atomic E-state index is 0.0201. The molecule has 0 radical (unpaired) electrons. The highest BCUT2D eigenvalue weighted by atomic mass is 16.7. The first kappa shape index (κ1) is 21.8. The number of hydrogen-bond donors (Lipinski definition) is 1. The first-order valence-electron chi connectivity index (χ1n) is 11.1. The molecule has 1 fully saturated rings. The highest BCUT2D eigenvalue weighted by molar-refractivity contribution is 5.91. The highest BCUT2D eigenvalue weighted by Crippen LogP contribution is 2.40. The molecule has 1 aliphatic carbocycles. The van der Waals surface area contributed by atoms with Crippen molar-refractivity contribution in [3.8, 4) is 0 Å². The summed E-state index contributed by atoms with van der Waals surface area (Å²) in [6.07, 6.45) is 8.69. The smallest absolute Gasteiger partial charge is 0.288 e. The Kier molecular flexibility index (Phi) is 8.13. The third-order valence-corrected chi connectivity index (χ3v) is 6.25. The summed E-state index contributed by atoms with van der Waals surface area (Å²) < 4.78 is 12.1. The summed E-state index contributed by atoms with van der Waals surface area (Å²) in [6.45, 7) is 2.59. The van der Waals surface area contributed by atoms with Gasteiger partial charge in [0, 0.05) is 38.1 Å². The van der Waals surface area contributed by atoms with Gasteiger partial charge in [-0.3, -0.25) is 4.79 Å². The van der Waals surface area contributed by atoms with E-state index >= 15 is 0 Å². The normalized spacial score (nSPS) is 25.2. The Balaban J connectivity index is 1.88. The van der Waals surface area contributed by atoms with Crippen LogP contribution in [0.3, 0.4) is 0 Å². The molecule has 5 heteroatoms. The zero-order chi connectivity index (χ0) is 20.6. The van der Waals surface area contributed by atoms with Crippen LogP contribution in [0.1, 0.15) is 63.4 Å². The quantitative estimate of drug-likeness (QED) is 0.708. The SMILES string of the molecule is CCO[C@H]1OC(C(=O)N(C)C2CCCCC2)=C[C@@H](c2ccccc2)[C@@H]1CCCO. The molecule has 29 heavy (non-hydrogen) atoms. The number of carbonyl (C=O) groups is 1. The van der Waals surface area contributed by atoms with E-state index in [2.05, 4.69) is 12.1 Å². The predicted molar refractivity (Wildman–Crippen MR) is 113 cm³/mol. The summed E-state index contributed by atoms with van der Waals surface area (Å²) in [5, 5.41) is 9.37. The molecular formula is C24H35NO4. The minimum Gasteiger partial charge on any atom is -0.459 e. The van der Waals surface area contributed by atoms with Gasteiger partial charge in [0.1, 0.15) is 0 Å². The van der Waals surface area contributed by atoms with Gasteiger partial charge in [0.25, 0.3) is 5.91 Å². The molecule has 0 aromatic heterocycles. The Morgan fingerprint density at radius 3 is 2.59 bits per heavy atom. The van der Waals surface area contributed by atoms with E-state index in [1.165, 1.54) is 19.3 Å². The van der Waals surface area contributed by atoms with Crippen molar-refractivity contribution in [3.63, 3.8) is 0 Å².